The summed E-state index contributed by atoms with van der Waals surface area (Å²) in [5.74, 6) is 2.93. The number of benzene rings is 3. The van der Waals surface area contributed by atoms with Gasteiger partial charge in [0.2, 0.25) is 0 Å². The lowest BCUT2D eigenvalue weighted by atomic mass is 9.98. The van der Waals surface area contributed by atoms with Gasteiger partial charge in [0.05, 0.1) is 0 Å². The second-order valence-electron chi connectivity index (χ2n) is 5.08. The molecule has 0 aliphatic heterocycles. The van der Waals surface area contributed by atoms with Crippen LogP contribution in [0.1, 0.15) is 11.6 Å². The van der Waals surface area contributed by atoms with E-state index in [0.29, 0.717) is 0 Å². The van der Waals surface area contributed by atoms with Crippen molar-refractivity contribution in [3.63, 3.8) is 0 Å². The molecule has 3 aromatic carbocycles. The number of nitrogens with zero attached hydrogens (tertiary/aromatic N) is 1. The standard InChI is InChI=1S/C20H17N/c1-3-20(21(2)17-12-5-4-6-13-17)19-15-9-11-16-10-7-8-14-18(16)19/h1,4-15,20H,2H3. The van der Waals surface area contributed by atoms with Gasteiger partial charge in [-0.1, -0.05) is 66.6 Å². The zero-order valence-corrected chi connectivity index (χ0v) is 12.0. The van der Waals surface area contributed by atoms with E-state index in [4.69, 9.17) is 6.42 Å². The van der Waals surface area contributed by atoms with E-state index in [2.05, 4.69) is 65.4 Å². The molecule has 1 atom stereocenters. The molecule has 0 radical (unpaired) electrons. The van der Waals surface area contributed by atoms with Crippen LogP contribution < -0.4 is 4.90 Å². The van der Waals surface area contributed by atoms with E-state index in [1.165, 1.54) is 16.3 Å². The van der Waals surface area contributed by atoms with Crippen molar-refractivity contribution in [3.05, 3.63) is 78.4 Å². The molecular formula is C20H17N. The topological polar surface area (TPSA) is 3.24 Å². The van der Waals surface area contributed by atoms with Gasteiger partial charge in [-0.15, -0.1) is 6.42 Å². The number of terminal acetylenes is 1. The van der Waals surface area contributed by atoms with Crippen LogP contribution >= 0.6 is 0 Å². The van der Waals surface area contributed by atoms with Gasteiger partial charge >= 0.3 is 0 Å². The summed E-state index contributed by atoms with van der Waals surface area (Å²) in [7, 11) is 2.04. The van der Waals surface area contributed by atoms with Gasteiger partial charge in [-0.2, -0.15) is 0 Å². The quantitative estimate of drug-likeness (QED) is 0.627. The number of anilines is 1. The van der Waals surface area contributed by atoms with Gasteiger partial charge in [0.1, 0.15) is 6.04 Å². The summed E-state index contributed by atoms with van der Waals surface area (Å²) in [6.07, 6.45) is 5.84. The van der Waals surface area contributed by atoms with Crippen molar-refractivity contribution in [2.75, 3.05) is 11.9 Å². The second kappa shape index (κ2) is 5.73. The summed E-state index contributed by atoms with van der Waals surface area (Å²) < 4.78 is 0. The fraction of sp³-hybridized carbons (Fsp3) is 0.100. The van der Waals surface area contributed by atoms with E-state index in [1.807, 2.05) is 25.2 Å². The Balaban J connectivity index is 2.09. The number of para-hydroxylation sites is 1. The Morgan fingerprint density at radius 1 is 0.857 bits per heavy atom. The molecule has 0 heterocycles. The fourth-order valence-electron chi connectivity index (χ4n) is 2.71. The summed E-state index contributed by atoms with van der Waals surface area (Å²) in [6, 6.07) is 24.8. The first-order valence-electron chi connectivity index (χ1n) is 7.03. The average molecular weight is 271 g/mol. The molecule has 0 aromatic heterocycles. The zero-order valence-electron chi connectivity index (χ0n) is 12.0. The van der Waals surface area contributed by atoms with Gasteiger partial charge in [-0.25, -0.2) is 0 Å². The van der Waals surface area contributed by atoms with E-state index in [-0.39, 0.29) is 6.04 Å². The molecule has 3 aromatic rings. The van der Waals surface area contributed by atoms with Crippen LogP contribution in [0.5, 0.6) is 0 Å². The fourth-order valence-corrected chi connectivity index (χ4v) is 2.71. The van der Waals surface area contributed by atoms with Gasteiger partial charge in [0.15, 0.2) is 0 Å². The van der Waals surface area contributed by atoms with Gasteiger partial charge < -0.3 is 4.90 Å². The molecule has 0 saturated carbocycles. The molecule has 0 amide bonds. The molecule has 0 bridgehead atoms. The Bertz CT molecular complexity index is 778. The van der Waals surface area contributed by atoms with Crippen LogP contribution in [0.4, 0.5) is 5.69 Å². The number of hydrogen-bond acceptors (Lipinski definition) is 1. The maximum Gasteiger partial charge on any atom is 0.116 e. The van der Waals surface area contributed by atoms with Gasteiger partial charge in [-0.05, 0) is 28.5 Å². The Hall–Kier alpha value is -2.72. The first kappa shape index (κ1) is 13.3. The van der Waals surface area contributed by atoms with Crippen molar-refractivity contribution in [2.45, 2.75) is 6.04 Å². The Kier molecular flexibility index (Phi) is 3.62. The van der Waals surface area contributed by atoms with E-state index in [9.17, 15) is 0 Å². The third-order valence-electron chi connectivity index (χ3n) is 3.83. The van der Waals surface area contributed by atoms with E-state index < -0.39 is 0 Å². The highest BCUT2D eigenvalue weighted by atomic mass is 15.1. The minimum Gasteiger partial charge on any atom is -0.357 e. The lowest BCUT2D eigenvalue weighted by Gasteiger charge is -2.27. The SMILES string of the molecule is C#CC(c1cccc2ccccc12)N(C)c1ccccc1. The number of fused-ring (bicyclic) bond motifs is 1. The maximum atomic E-state index is 5.84. The number of hydrogen-bond donors (Lipinski definition) is 0. The van der Waals surface area contributed by atoms with Crippen LogP contribution in [0, 0.1) is 12.3 Å². The molecule has 1 heteroatoms. The highest BCUT2D eigenvalue weighted by Gasteiger charge is 2.16. The van der Waals surface area contributed by atoms with E-state index in [1.54, 1.807) is 0 Å². The van der Waals surface area contributed by atoms with Crippen molar-refractivity contribution in [1.29, 1.82) is 0 Å². The Morgan fingerprint density at radius 3 is 2.29 bits per heavy atom. The van der Waals surface area contributed by atoms with Crippen molar-refractivity contribution in [2.24, 2.45) is 0 Å². The van der Waals surface area contributed by atoms with Crippen molar-refractivity contribution in [3.8, 4) is 12.3 Å². The predicted octanol–water partition coefficient (Wildman–Crippen LogP) is 4.65. The molecule has 1 nitrogen and oxygen atoms in total. The first-order valence-corrected chi connectivity index (χ1v) is 7.03. The minimum atomic E-state index is -0.0847. The van der Waals surface area contributed by atoms with E-state index in [0.717, 1.165) is 5.69 Å². The van der Waals surface area contributed by atoms with E-state index >= 15 is 0 Å². The summed E-state index contributed by atoms with van der Waals surface area (Å²) in [5.41, 5.74) is 2.29. The molecule has 0 aliphatic rings. The maximum absolute atomic E-state index is 5.84. The van der Waals surface area contributed by atoms with Crippen molar-refractivity contribution in [1.82, 2.24) is 0 Å². The number of rotatable bonds is 3. The third kappa shape index (κ3) is 2.49. The third-order valence-corrected chi connectivity index (χ3v) is 3.83. The normalized spacial score (nSPS) is 11.8. The van der Waals surface area contributed by atoms with Crippen LogP contribution in [0.3, 0.4) is 0 Å². The zero-order chi connectivity index (χ0) is 14.7. The average Bonchev–Trinajstić information content (AvgIpc) is 2.56. The molecule has 0 saturated heterocycles. The smallest absolute Gasteiger partial charge is 0.116 e. The molecule has 0 N–H and O–H groups in total. The van der Waals surface area contributed by atoms with Crippen molar-refractivity contribution < 1.29 is 0 Å². The molecule has 0 fully saturated rings. The Morgan fingerprint density at radius 2 is 1.52 bits per heavy atom. The van der Waals surface area contributed by atoms with Crippen molar-refractivity contribution >= 4 is 16.5 Å². The highest BCUT2D eigenvalue weighted by molar-refractivity contribution is 5.87. The molecule has 3 rings (SSSR count). The Labute approximate surface area is 125 Å². The lowest BCUT2D eigenvalue weighted by molar-refractivity contribution is 0.842. The largest absolute Gasteiger partial charge is 0.357 e. The molecular weight excluding hydrogens is 254 g/mol. The monoisotopic (exact) mass is 271 g/mol. The van der Waals surface area contributed by atoms with Crippen LogP contribution in [0.2, 0.25) is 0 Å². The molecule has 0 aliphatic carbocycles. The lowest BCUT2D eigenvalue weighted by Crippen LogP contribution is -2.23. The predicted molar refractivity (Wildman–Crippen MR) is 90.4 cm³/mol. The summed E-state index contributed by atoms with van der Waals surface area (Å²) in [4.78, 5) is 2.14. The minimum absolute atomic E-state index is 0.0847. The summed E-state index contributed by atoms with van der Waals surface area (Å²) in [6.45, 7) is 0. The van der Waals surface area contributed by atoms with Gasteiger partial charge in [0, 0.05) is 12.7 Å². The summed E-state index contributed by atoms with van der Waals surface area (Å²) >= 11 is 0. The molecule has 102 valence electrons. The molecule has 21 heavy (non-hydrogen) atoms. The van der Waals surface area contributed by atoms with Crippen LogP contribution in [-0.2, 0) is 0 Å². The molecule has 0 spiro atoms. The second-order valence-corrected chi connectivity index (χ2v) is 5.08. The molecule has 1 unspecified atom stereocenters. The van der Waals surface area contributed by atoms with Gasteiger partial charge in [0.25, 0.3) is 0 Å². The first-order chi connectivity index (χ1) is 10.3. The highest BCUT2D eigenvalue weighted by Crippen LogP contribution is 2.30. The summed E-state index contributed by atoms with van der Waals surface area (Å²) in [5, 5.41) is 2.43. The van der Waals surface area contributed by atoms with Crippen LogP contribution in [0.25, 0.3) is 10.8 Å². The van der Waals surface area contributed by atoms with Crippen LogP contribution in [-0.4, -0.2) is 7.05 Å². The van der Waals surface area contributed by atoms with Gasteiger partial charge in [-0.3, -0.25) is 0 Å². The van der Waals surface area contributed by atoms with Crippen LogP contribution in [0.15, 0.2) is 72.8 Å².